The zero-order valence-corrected chi connectivity index (χ0v) is 17.9. The molecule has 0 aromatic carbocycles. The fourth-order valence-electron chi connectivity index (χ4n) is 3.45. The van der Waals surface area contributed by atoms with Crippen molar-refractivity contribution in [3.05, 3.63) is 28.6 Å². The number of nitrogens with one attached hydrogen (secondary N) is 1. The third kappa shape index (κ3) is 6.88. The molecule has 0 saturated carbocycles. The lowest BCUT2D eigenvalue weighted by atomic mass is 10.0. The van der Waals surface area contributed by atoms with Crippen LogP contribution in [0.3, 0.4) is 0 Å². The molecule has 0 fully saturated rings. The summed E-state index contributed by atoms with van der Waals surface area (Å²) in [5.41, 5.74) is 3.16. The normalized spacial score (nSPS) is 14.1. The Morgan fingerprint density at radius 3 is 2.52 bits per heavy atom. The van der Waals surface area contributed by atoms with Crippen LogP contribution < -0.4 is 5.32 Å². The minimum Gasteiger partial charge on any atom is -0.383 e. The van der Waals surface area contributed by atoms with Gasteiger partial charge in [-0.05, 0) is 57.7 Å². The summed E-state index contributed by atoms with van der Waals surface area (Å²) >= 11 is 0. The molecule has 0 radical (unpaired) electrons. The number of rotatable bonds is 10. The van der Waals surface area contributed by atoms with Gasteiger partial charge >= 0.3 is 0 Å². The fourth-order valence-corrected chi connectivity index (χ4v) is 3.45. The summed E-state index contributed by atoms with van der Waals surface area (Å²) in [5.74, 6) is 0.363. The largest absolute Gasteiger partial charge is 0.383 e. The van der Waals surface area contributed by atoms with Crippen LogP contribution in [-0.4, -0.2) is 30.2 Å². The molecule has 1 heterocycles. The summed E-state index contributed by atoms with van der Waals surface area (Å²) in [6.45, 7) is 13.1. The molecule has 2 unspecified atom stereocenters. The Kier molecular flexibility index (Phi) is 9.31. The molecule has 0 saturated heterocycles. The SMILES string of the molecule is COCC(C)n1c(C)cc(/C=C(/C#N)C(=O)NC(C)CCCC(C)C)c1C. The number of aryl methyl sites for hydroxylation is 1. The molecular weight excluding hydrogens is 338 g/mol. The van der Waals surface area contributed by atoms with Gasteiger partial charge in [0.15, 0.2) is 0 Å². The van der Waals surface area contributed by atoms with Gasteiger partial charge in [-0.3, -0.25) is 4.79 Å². The Labute approximate surface area is 164 Å². The lowest BCUT2D eigenvalue weighted by Gasteiger charge is -2.17. The van der Waals surface area contributed by atoms with Crippen molar-refractivity contribution in [2.24, 2.45) is 5.92 Å². The Hall–Kier alpha value is -2.06. The Morgan fingerprint density at radius 2 is 1.96 bits per heavy atom. The monoisotopic (exact) mass is 373 g/mol. The molecule has 1 aromatic heterocycles. The maximum atomic E-state index is 12.5. The van der Waals surface area contributed by atoms with Gasteiger partial charge in [0.2, 0.25) is 0 Å². The van der Waals surface area contributed by atoms with Crippen LogP contribution in [-0.2, 0) is 9.53 Å². The highest BCUT2D eigenvalue weighted by Gasteiger charge is 2.17. The maximum Gasteiger partial charge on any atom is 0.262 e. The van der Waals surface area contributed by atoms with Crippen molar-refractivity contribution in [2.75, 3.05) is 13.7 Å². The van der Waals surface area contributed by atoms with Crippen molar-refractivity contribution in [1.82, 2.24) is 9.88 Å². The van der Waals surface area contributed by atoms with Gasteiger partial charge in [0.1, 0.15) is 11.6 Å². The Bertz CT molecular complexity index is 695. The van der Waals surface area contributed by atoms with E-state index in [9.17, 15) is 10.1 Å². The third-order valence-corrected chi connectivity index (χ3v) is 4.83. The van der Waals surface area contributed by atoms with Crippen molar-refractivity contribution in [2.45, 2.75) is 72.9 Å². The number of nitriles is 1. The second-order valence-electron chi connectivity index (χ2n) is 7.87. The molecular formula is C22H35N3O2. The molecule has 1 aromatic rings. The average Bonchev–Trinajstić information content (AvgIpc) is 2.85. The number of methoxy groups -OCH3 is 1. The summed E-state index contributed by atoms with van der Waals surface area (Å²) < 4.78 is 7.43. The number of carbonyl (C=O) groups excluding carboxylic acids is 1. The van der Waals surface area contributed by atoms with E-state index in [2.05, 4.69) is 36.7 Å². The minimum atomic E-state index is -0.302. The van der Waals surface area contributed by atoms with Crippen LogP contribution in [0.15, 0.2) is 11.6 Å². The molecule has 0 spiro atoms. The number of ether oxygens (including phenoxy) is 1. The number of hydrogen-bond acceptors (Lipinski definition) is 3. The molecule has 0 bridgehead atoms. The maximum absolute atomic E-state index is 12.5. The van der Waals surface area contributed by atoms with Gasteiger partial charge in [0.25, 0.3) is 5.91 Å². The van der Waals surface area contributed by atoms with E-state index in [-0.39, 0.29) is 23.6 Å². The van der Waals surface area contributed by atoms with E-state index in [0.29, 0.717) is 12.5 Å². The van der Waals surface area contributed by atoms with Gasteiger partial charge in [-0.2, -0.15) is 5.26 Å². The van der Waals surface area contributed by atoms with E-state index in [1.165, 1.54) is 0 Å². The first-order chi connectivity index (χ1) is 12.7. The molecule has 1 N–H and O–H groups in total. The van der Waals surface area contributed by atoms with E-state index in [0.717, 1.165) is 36.2 Å². The van der Waals surface area contributed by atoms with Crippen molar-refractivity contribution in [3.63, 3.8) is 0 Å². The van der Waals surface area contributed by atoms with Crippen molar-refractivity contribution < 1.29 is 9.53 Å². The van der Waals surface area contributed by atoms with Gasteiger partial charge < -0.3 is 14.6 Å². The zero-order valence-electron chi connectivity index (χ0n) is 17.9. The molecule has 5 heteroatoms. The van der Waals surface area contributed by atoms with Gasteiger partial charge in [0.05, 0.1) is 12.6 Å². The standard InChI is InChI=1S/C22H35N3O2/c1-15(2)9-8-10-16(3)24-22(26)21(13-23)12-20-11-17(4)25(19(20)6)18(5)14-27-7/h11-12,15-16,18H,8-10,14H2,1-7H3,(H,24,26)/b21-12-. The van der Waals surface area contributed by atoms with E-state index < -0.39 is 0 Å². The molecule has 0 aliphatic carbocycles. The number of hydrogen-bond donors (Lipinski definition) is 1. The predicted octanol–water partition coefficient (Wildman–Crippen LogP) is 4.55. The molecule has 27 heavy (non-hydrogen) atoms. The van der Waals surface area contributed by atoms with E-state index in [1.54, 1.807) is 13.2 Å². The van der Waals surface area contributed by atoms with Crippen molar-refractivity contribution >= 4 is 12.0 Å². The lowest BCUT2D eigenvalue weighted by molar-refractivity contribution is -0.117. The molecule has 1 rings (SSSR count). The first-order valence-electron chi connectivity index (χ1n) is 9.81. The molecule has 150 valence electrons. The first kappa shape index (κ1) is 23.0. The summed E-state index contributed by atoms with van der Waals surface area (Å²) in [7, 11) is 1.69. The Morgan fingerprint density at radius 1 is 1.30 bits per heavy atom. The summed E-state index contributed by atoms with van der Waals surface area (Å²) in [4.78, 5) is 12.5. The van der Waals surface area contributed by atoms with Crippen molar-refractivity contribution in [1.29, 1.82) is 5.26 Å². The summed E-state index contributed by atoms with van der Waals surface area (Å²) in [6.07, 6.45) is 4.83. The van der Waals surface area contributed by atoms with Crippen LogP contribution in [0.25, 0.3) is 6.08 Å². The quantitative estimate of drug-likeness (QED) is 0.483. The third-order valence-electron chi connectivity index (χ3n) is 4.83. The van der Waals surface area contributed by atoms with Crippen LogP contribution in [0.4, 0.5) is 0 Å². The van der Waals surface area contributed by atoms with Gasteiger partial charge in [0, 0.05) is 24.5 Å². The van der Waals surface area contributed by atoms with E-state index in [1.807, 2.05) is 26.8 Å². The molecule has 5 nitrogen and oxygen atoms in total. The zero-order chi connectivity index (χ0) is 20.6. The number of aromatic nitrogens is 1. The van der Waals surface area contributed by atoms with Gasteiger partial charge in [-0.15, -0.1) is 0 Å². The van der Waals surface area contributed by atoms with Gasteiger partial charge in [-0.1, -0.05) is 26.7 Å². The highest BCUT2D eigenvalue weighted by Crippen LogP contribution is 2.23. The molecule has 0 aliphatic rings. The van der Waals surface area contributed by atoms with Crippen LogP contribution in [0.5, 0.6) is 0 Å². The number of amides is 1. The van der Waals surface area contributed by atoms with Gasteiger partial charge in [-0.25, -0.2) is 0 Å². The highest BCUT2D eigenvalue weighted by molar-refractivity contribution is 6.01. The summed E-state index contributed by atoms with van der Waals surface area (Å²) in [6, 6.07) is 4.32. The smallest absolute Gasteiger partial charge is 0.262 e. The second kappa shape index (κ2) is 10.9. The van der Waals surface area contributed by atoms with E-state index in [4.69, 9.17) is 4.74 Å². The lowest BCUT2D eigenvalue weighted by Crippen LogP contribution is -2.33. The predicted molar refractivity (Wildman–Crippen MR) is 110 cm³/mol. The second-order valence-corrected chi connectivity index (χ2v) is 7.87. The van der Waals surface area contributed by atoms with Crippen LogP contribution in [0.1, 0.15) is 70.0 Å². The van der Waals surface area contributed by atoms with Crippen LogP contribution in [0, 0.1) is 31.1 Å². The molecule has 2 atom stereocenters. The Balaban J connectivity index is 2.89. The number of carbonyl (C=O) groups is 1. The topological polar surface area (TPSA) is 67.0 Å². The number of nitrogens with zero attached hydrogens (tertiary/aromatic N) is 2. The summed E-state index contributed by atoms with van der Waals surface area (Å²) in [5, 5.41) is 12.4. The average molecular weight is 374 g/mol. The van der Waals surface area contributed by atoms with Crippen LogP contribution in [0.2, 0.25) is 0 Å². The van der Waals surface area contributed by atoms with E-state index >= 15 is 0 Å². The van der Waals surface area contributed by atoms with Crippen molar-refractivity contribution in [3.8, 4) is 6.07 Å². The minimum absolute atomic E-state index is 0.0576. The molecule has 1 amide bonds. The highest BCUT2D eigenvalue weighted by atomic mass is 16.5. The fraction of sp³-hybridized carbons (Fsp3) is 0.636. The van der Waals surface area contributed by atoms with Crippen LogP contribution >= 0.6 is 0 Å². The molecule has 0 aliphatic heterocycles. The first-order valence-corrected chi connectivity index (χ1v) is 9.81.